The van der Waals surface area contributed by atoms with E-state index in [1.807, 2.05) is 6.92 Å². The maximum Gasteiger partial charge on any atom is 0.220 e. The monoisotopic (exact) mass is 317 g/mol. The van der Waals surface area contributed by atoms with Gasteiger partial charge < -0.3 is 24.3 Å². The van der Waals surface area contributed by atoms with Crippen LogP contribution >= 0.6 is 0 Å². The third-order valence-corrected chi connectivity index (χ3v) is 2.95. The van der Waals surface area contributed by atoms with Crippen LogP contribution in [0.5, 0.6) is 0 Å². The third-order valence-electron chi connectivity index (χ3n) is 2.95. The zero-order valence-corrected chi connectivity index (χ0v) is 13.8. The molecule has 6 nitrogen and oxygen atoms in total. The molecular formula is C16H31NO5. The number of hydrogen-bond donors (Lipinski definition) is 1. The number of amides is 1. The summed E-state index contributed by atoms with van der Waals surface area (Å²) in [5.41, 5.74) is 0. The summed E-state index contributed by atoms with van der Waals surface area (Å²) in [7, 11) is 0. The molecule has 6 heteroatoms. The van der Waals surface area contributed by atoms with Crippen molar-refractivity contribution in [1.29, 1.82) is 0 Å². The van der Waals surface area contributed by atoms with Crippen molar-refractivity contribution >= 4 is 12.2 Å². The molecule has 0 atom stereocenters. The van der Waals surface area contributed by atoms with E-state index in [2.05, 4.69) is 5.32 Å². The summed E-state index contributed by atoms with van der Waals surface area (Å²) in [6.45, 7) is 6.48. The minimum Gasteiger partial charge on any atom is -0.382 e. The van der Waals surface area contributed by atoms with Crippen molar-refractivity contribution < 1.29 is 23.8 Å². The average Bonchev–Trinajstić information content (AvgIpc) is 2.52. The smallest absolute Gasteiger partial charge is 0.220 e. The first-order valence-corrected chi connectivity index (χ1v) is 8.24. The number of hydrogen-bond acceptors (Lipinski definition) is 5. The summed E-state index contributed by atoms with van der Waals surface area (Å²) < 4.78 is 16.1. The molecule has 0 saturated carbocycles. The number of ether oxygens (including phenoxy) is 3. The second kappa shape index (κ2) is 18.1. The fourth-order valence-electron chi connectivity index (χ4n) is 1.75. The number of unbranched alkanes of at least 4 members (excludes halogenated alkanes) is 3. The van der Waals surface area contributed by atoms with Crippen molar-refractivity contribution in [3.05, 3.63) is 0 Å². The molecule has 0 radical (unpaired) electrons. The van der Waals surface area contributed by atoms with Crippen LogP contribution in [0.1, 0.15) is 45.4 Å². The zero-order chi connectivity index (χ0) is 16.3. The third kappa shape index (κ3) is 17.1. The highest BCUT2D eigenvalue weighted by Crippen LogP contribution is 1.96. The largest absolute Gasteiger partial charge is 0.382 e. The number of carbonyl (C=O) groups excluding carboxylic acids is 2. The van der Waals surface area contributed by atoms with E-state index >= 15 is 0 Å². The van der Waals surface area contributed by atoms with Gasteiger partial charge in [0.25, 0.3) is 0 Å². The van der Waals surface area contributed by atoms with Crippen molar-refractivity contribution in [1.82, 2.24) is 5.32 Å². The summed E-state index contributed by atoms with van der Waals surface area (Å²) in [6.07, 6.45) is 5.52. The summed E-state index contributed by atoms with van der Waals surface area (Å²) in [6, 6.07) is 0. The topological polar surface area (TPSA) is 73.9 Å². The Morgan fingerprint density at radius 2 is 1.59 bits per heavy atom. The van der Waals surface area contributed by atoms with Gasteiger partial charge in [-0.15, -0.1) is 0 Å². The molecular weight excluding hydrogens is 286 g/mol. The maximum absolute atomic E-state index is 11.3. The first-order chi connectivity index (χ1) is 10.8. The number of aldehydes is 1. The fraction of sp³-hybridized carbons (Fsp3) is 0.875. The Hall–Kier alpha value is -0.980. The molecule has 0 aromatic heterocycles. The zero-order valence-electron chi connectivity index (χ0n) is 13.8. The van der Waals surface area contributed by atoms with Crippen molar-refractivity contribution in [3.63, 3.8) is 0 Å². The van der Waals surface area contributed by atoms with Gasteiger partial charge in [-0.25, -0.2) is 0 Å². The highest BCUT2D eigenvalue weighted by molar-refractivity contribution is 5.76. The van der Waals surface area contributed by atoms with Gasteiger partial charge in [-0.2, -0.15) is 0 Å². The molecule has 0 saturated heterocycles. The molecule has 0 fully saturated rings. The van der Waals surface area contributed by atoms with E-state index < -0.39 is 0 Å². The Morgan fingerprint density at radius 1 is 0.909 bits per heavy atom. The highest BCUT2D eigenvalue weighted by atomic mass is 16.5. The van der Waals surface area contributed by atoms with Crippen LogP contribution in [-0.4, -0.2) is 58.4 Å². The molecule has 0 bridgehead atoms. The van der Waals surface area contributed by atoms with Gasteiger partial charge in [0.15, 0.2) is 0 Å². The van der Waals surface area contributed by atoms with Gasteiger partial charge >= 0.3 is 0 Å². The van der Waals surface area contributed by atoms with E-state index in [-0.39, 0.29) is 5.91 Å². The van der Waals surface area contributed by atoms with Crippen molar-refractivity contribution in [2.24, 2.45) is 0 Å². The molecule has 0 aliphatic rings. The fourth-order valence-corrected chi connectivity index (χ4v) is 1.75. The Kier molecular flexibility index (Phi) is 17.3. The predicted molar refractivity (Wildman–Crippen MR) is 84.9 cm³/mol. The van der Waals surface area contributed by atoms with Gasteiger partial charge in [-0.1, -0.05) is 0 Å². The molecule has 0 unspecified atom stereocenters. The molecule has 0 spiro atoms. The van der Waals surface area contributed by atoms with Crippen LogP contribution in [0.2, 0.25) is 0 Å². The van der Waals surface area contributed by atoms with Crippen molar-refractivity contribution in [2.75, 3.05) is 46.2 Å². The summed E-state index contributed by atoms with van der Waals surface area (Å²) in [5.74, 6) is -0.0336. The van der Waals surface area contributed by atoms with Crippen LogP contribution in [-0.2, 0) is 23.8 Å². The Bertz CT molecular complexity index is 261. The van der Waals surface area contributed by atoms with E-state index in [1.54, 1.807) is 0 Å². The Morgan fingerprint density at radius 3 is 2.27 bits per heavy atom. The van der Waals surface area contributed by atoms with Crippen LogP contribution in [0, 0.1) is 0 Å². The van der Waals surface area contributed by atoms with Crippen molar-refractivity contribution in [3.8, 4) is 0 Å². The first-order valence-electron chi connectivity index (χ1n) is 8.24. The molecule has 22 heavy (non-hydrogen) atoms. The minimum absolute atomic E-state index is 0.0336. The Balaban J connectivity index is 3.08. The highest BCUT2D eigenvalue weighted by Gasteiger charge is 1.99. The summed E-state index contributed by atoms with van der Waals surface area (Å²) >= 11 is 0. The van der Waals surface area contributed by atoms with E-state index in [9.17, 15) is 9.59 Å². The van der Waals surface area contributed by atoms with Crippen LogP contribution in [0.15, 0.2) is 0 Å². The van der Waals surface area contributed by atoms with Gasteiger partial charge in [0.2, 0.25) is 5.91 Å². The number of rotatable bonds is 17. The van der Waals surface area contributed by atoms with Gasteiger partial charge in [0.05, 0.1) is 19.8 Å². The molecule has 0 rings (SSSR count). The Labute approximate surface area is 133 Å². The number of nitrogens with one attached hydrogen (secondary N) is 1. The van der Waals surface area contributed by atoms with Gasteiger partial charge in [-0.05, 0) is 32.6 Å². The lowest BCUT2D eigenvalue weighted by Gasteiger charge is -2.07. The molecule has 1 N–H and O–H groups in total. The van der Waals surface area contributed by atoms with E-state index in [1.165, 1.54) is 0 Å². The molecule has 130 valence electrons. The normalized spacial score (nSPS) is 10.6. The molecule has 0 heterocycles. The SMILES string of the molecule is CCOCCCCCOCCOCCNC(=O)CCCC=O. The molecule has 0 aliphatic heterocycles. The van der Waals surface area contributed by atoms with Gasteiger partial charge in [0.1, 0.15) is 6.29 Å². The quantitative estimate of drug-likeness (QED) is 0.326. The first kappa shape index (κ1) is 21.0. The van der Waals surface area contributed by atoms with Crippen molar-refractivity contribution in [2.45, 2.75) is 45.4 Å². The molecule has 1 amide bonds. The second-order valence-electron chi connectivity index (χ2n) is 4.89. The average molecular weight is 317 g/mol. The lowest BCUT2D eigenvalue weighted by Crippen LogP contribution is -2.27. The molecule has 0 aromatic carbocycles. The molecule has 0 aromatic rings. The summed E-state index contributed by atoms with van der Waals surface area (Å²) in [5, 5.41) is 2.74. The predicted octanol–water partition coefficient (Wildman–Crippen LogP) is 1.71. The van der Waals surface area contributed by atoms with Crippen LogP contribution in [0.4, 0.5) is 0 Å². The number of carbonyl (C=O) groups is 2. The van der Waals surface area contributed by atoms with E-state index in [4.69, 9.17) is 14.2 Å². The minimum atomic E-state index is -0.0336. The van der Waals surface area contributed by atoms with E-state index in [0.717, 1.165) is 45.4 Å². The standard InChI is InChI=1S/C16H31NO5/c1-2-20-11-6-3-7-12-21-14-15-22-13-9-17-16(19)8-4-5-10-18/h10H,2-9,11-15H2,1H3,(H,17,19). The van der Waals surface area contributed by atoms with Gasteiger partial charge in [-0.3, -0.25) is 4.79 Å². The van der Waals surface area contributed by atoms with Crippen LogP contribution in [0.3, 0.4) is 0 Å². The van der Waals surface area contributed by atoms with Gasteiger partial charge in [0, 0.05) is 39.2 Å². The summed E-state index contributed by atoms with van der Waals surface area (Å²) in [4.78, 5) is 21.4. The molecule has 0 aliphatic carbocycles. The van der Waals surface area contributed by atoms with Crippen LogP contribution < -0.4 is 5.32 Å². The maximum atomic E-state index is 11.3. The lowest BCUT2D eigenvalue weighted by atomic mass is 10.2. The van der Waals surface area contributed by atoms with Crippen LogP contribution in [0.25, 0.3) is 0 Å². The second-order valence-corrected chi connectivity index (χ2v) is 4.89. The van der Waals surface area contributed by atoms with E-state index in [0.29, 0.717) is 45.6 Å². The lowest BCUT2D eigenvalue weighted by molar-refractivity contribution is -0.121.